The minimum Gasteiger partial charge on any atom is -0.325 e. The summed E-state index contributed by atoms with van der Waals surface area (Å²) in [6.45, 7) is -0.742. The highest BCUT2D eigenvalue weighted by Crippen LogP contribution is 2.33. The number of alkyl halides is 2. The summed E-state index contributed by atoms with van der Waals surface area (Å²) in [4.78, 5) is 0. The van der Waals surface area contributed by atoms with Gasteiger partial charge in [0.15, 0.2) is 0 Å². The van der Waals surface area contributed by atoms with E-state index in [1.54, 1.807) is 0 Å². The molecule has 0 spiro atoms. The van der Waals surface area contributed by atoms with Crippen LogP contribution in [0, 0.1) is 0 Å². The zero-order valence-corrected chi connectivity index (χ0v) is 8.87. The molecule has 0 heterocycles. The quantitative estimate of drug-likeness (QED) is 0.878. The molecule has 1 aromatic carbocycles. The van der Waals surface area contributed by atoms with Crippen LogP contribution in [0.5, 0.6) is 0 Å². The minimum absolute atomic E-state index is 0.0184. The summed E-state index contributed by atoms with van der Waals surface area (Å²) in [6, 6.07) is 4.19. The molecule has 0 radical (unpaired) electrons. The molecule has 0 aliphatic carbocycles. The van der Waals surface area contributed by atoms with Crippen LogP contribution in [-0.4, -0.2) is 6.54 Å². The van der Waals surface area contributed by atoms with Gasteiger partial charge in [-0.15, -0.1) is 0 Å². The monoisotopic (exact) mass is 269 g/mol. The van der Waals surface area contributed by atoms with Gasteiger partial charge in [-0.05, 0) is 12.1 Å². The predicted octanol–water partition coefficient (Wildman–Crippen LogP) is 3.15. The third kappa shape index (κ3) is 2.39. The molecule has 0 amide bonds. The van der Waals surface area contributed by atoms with E-state index in [0.717, 1.165) is 0 Å². The molecule has 0 aliphatic rings. The third-order valence-electron chi connectivity index (χ3n) is 1.58. The number of benzene rings is 1. The van der Waals surface area contributed by atoms with E-state index in [2.05, 4.69) is 15.9 Å². The first kappa shape index (κ1) is 10.9. The Kier molecular flexibility index (Phi) is 3.27. The van der Waals surface area contributed by atoms with Gasteiger partial charge in [0.2, 0.25) is 0 Å². The molecule has 0 unspecified atom stereocenters. The van der Waals surface area contributed by atoms with Crippen molar-refractivity contribution in [2.45, 2.75) is 5.92 Å². The number of halogens is 4. The molecule has 0 saturated heterocycles. The summed E-state index contributed by atoms with van der Waals surface area (Å²) in [5, 5.41) is 0.0184. The van der Waals surface area contributed by atoms with Crippen molar-refractivity contribution >= 4 is 27.5 Å². The number of nitrogens with two attached hydrogens (primary N) is 1. The molecule has 0 atom stereocenters. The Balaban J connectivity index is 3.16. The third-order valence-corrected chi connectivity index (χ3v) is 2.39. The van der Waals surface area contributed by atoms with Gasteiger partial charge in [0.05, 0.1) is 11.6 Å². The van der Waals surface area contributed by atoms with Gasteiger partial charge in [0.25, 0.3) is 5.92 Å². The van der Waals surface area contributed by atoms with Crippen LogP contribution in [0.25, 0.3) is 0 Å². The molecule has 0 saturated carbocycles. The summed E-state index contributed by atoms with van der Waals surface area (Å²) >= 11 is 8.75. The highest BCUT2D eigenvalue weighted by Gasteiger charge is 2.31. The van der Waals surface area contributed by atoms with Gasteiger partial charge in [-0.25, -0.2) is 0 Å². The molecule has 0 aliphatic heterocycles. The second-order valence-electron chi connectivity index (χ2n) is 2.53. The van der Waals surface area contributed by atoms with Crippen molar-refractivity contribution in [1.29, 1.82) is 0 Å². The Morgan fingerprint density at radius 1 is 1.46 bits per heavy atom. The van der Waals surface area contributed by atoms with E-state index < -0.39 is 12.5 Å². The van der Waals surface area contributed by atoms with Crippen LogP contribution in [0.15, 0.2) is 22.7 Å². The molecular weight excluding hydrogens is 263 g/mol. The molecule has 0 fully saturated rings. The van der Waals surface area contributed by atoms with Gasteiger partial charge in [-0.2, -0.15) is 8.78 Å². The summed E-state index contributed by atoms with van der Waals surface area (Å²) in [5.41, 5.74) is 4.69. The summed E-state index contributed by atoms with van der Waals surface area (Å²) in [6.07, 6.45) is 0. The van der Waals surface area contributed by atoms with Gasteiger partial charge in [0, 0.05) is 10.0 Å². The first-order chi connectivity index (χ1) is 5.97. The molecule has 0 bridgehead atoms. The average molecular weight is 271 g/mol. The van der Waals surface area contributed by atoms with Crippen molar-refractivity contribution in [3.05, 3.63) is 33.3 Å². The van der Waals surface area contributed by atoms with Gasteiger partial charge in [-0.3, -0.25) is 0 Å². The lowest BCUT2D eigenvalue weighted by Crippen LogP contribution is -2.25. The minimum atomic E-state index is -3.06. The van der Waals surface area contributed by atoms with Gasteiger partial charge in [0.1, 0.15) is 0 Å². The maximum Gasteiger partial charge on any atom is 0.286 e. The maximum absolute atomic E-state index is 13.1. The Morgan fingerprint density at radius 3 is 2.54 bits per heavy atom. The molecule has 1 aromatic rings. The molecule has 2 N–H and O–H groups in total. The number of hydrogen-bond acceptors (Lipinski definition) is 1. The van der Waals surface area contributed by atoms with E-state index in [1.807, 2.05) is 0 Å². The van der Waals surface area contributed by atoms with Crippen LogP contribution < -0.4 is 5.73 Å². The van der Waals surface area contributed by atoms with Crippen molar-refractivity contribution in [2.24, 2.45) is 5.73 Å². The molecule has 1 rings (SSSR count). The van der Waals surface area contributed by atoms with Crippen LogP contribution in [-0.2, 0) is 5.92 Å². The number of hydrogen-bond donors (Lipinski definition) is 1. The lowest BCUT2D eigenvalue weighted by molar-refractivity contribution is 0.00606. The van der Waals surface area contributed by atoms with E-state index in [4.69, 9.17) is 17.3 Å². The van der Waals surface area contributed by atoms with Crippen LogP contribution in [0.2, 0.25) is 5.02 Å². The van der Waals surface area contributed by atoms with Crippen molar-refractivity contribution < 1.29 is 8.78 Å². The van der Waals surface area contributed by atoms with Crippen LogP contribution in [0.3, 0.4) is 0 Å². The summed E-state index contributed by atoms with van der Waals surface area (Å²) < 4.78 is 26.8. The summed E-state index contributed by atoms with van der Waals surface area (Å²) in [7, 11) is 0. The highest BCUT2D eigenvalue weighted by molar-refractivity contribution is 9.10. The van der Waals surface area contributed by atoms with Crippen LogP contribution in [0.1, 0.15) is 5.56 Å². The Bertz CT molecular complexity index is 317. The van der Waals surface area contributed by atoms with Crippen molar-refractivity contribution in [3.8, 4) is 0 Å². The van der Waals surface area contributed by atoms with E-state index in [0.29, 0.717) is 4.47 Å². The smallest absolute Gasteiger partial charge is 0.286 e. The first-order valence-corrected chi connectivity index (χ1v) is 4.68. The Labute approximate surface area is 88.0 Å². The standard InChI is InChI=1S/C8H7BrClF2N/c9-5-1-2-6(7(10)3-5)8(11,12)4-13/h1-3H,4,13H2. The van der Waals surface area contributed by atoms with Crippen molar-refractivity contribution in [3.63, 3.8) is 0 Å². The number of rotatable bonds is 2. The van der Waals surface area contributed by atoms with Crippen molar-refractivity contribution in [1.82, 2.24) is 0 Å². The normalized spacial score (nSPS) is 11.8. The van der Waals surface area contributed by atoms with E-state index in [1.165, 1.54) is 18.2 Å². The fourth-order valence-corrected chi connectivity index (χ4v) is 1.71. The Morgan fingerprint density at radius 2 is 2.08 bits per heavy atom. The van der Waals surface area contributed by atoms with Crippen LogP contribution in [0.4, 0.5) is 8.78 Å². The zero-order chi connectivity index (χ0) is 10.1. The van der Waals surface area contributed by atoms with Crippen LogP contribution >= 0.6 is 27.5 Å². The molecule has 5 heteroatoms. The Hall–Kier alpha value is -0.190. The SMILES string of the molecule is NCC(F)(F)c1ccc(Br)cc1Cl. The molecular formula is C8H7BrClF2N. The van der Waals surface area contributed by atoms with E-state index in [-0.39, 0.29) is 10.6 Å². The van der Waals surface area contributed by atoms with Crippen molar-refractivity contribution in [2.75, 3.05) is 6.54 Å². The van der Waals surface area contributed by atoms with E-state index in [9.17, 15) is 8.78 Å². The molecule has 0 aromatic heterocycles. The molecule has 13 heavy (non-hydrogen) atoms. The topological polar surface area (TPSA) is 26.0 Å². The fourth-order valence-electron chi connectivity index (χ4n) is 0.896. The molecule has 72 valence electrons. The summed E-state index contributed by atoms with van der Waals surface area (Å²) in [5.74, 6) is -3.06. The highest BCUT2D eigenvalue weighted by atomic mass is 79.9. The van der Waals surface area contributed by atoms with E-state index >= 15 is 0 Å². The van der Waals surface area contributed by atoms with Gasteiger partial charge >= 0.3 is 0 Å². The lowest BCUT2D eigenvalue weighted by Gasteiger charge is -2.15. The van der Waals surface area contributed by atoms with Gasteiger partial charge in [-0.1, -0.05) is 33.6 Å². The lowest BCUT2D eigenvalue weighted by atomic mass is 10.1. The second kappa shape index (κ2) is 3.90. The predicted molar refractivity (Wildman–Crippen MR) is 52.1 cm³/mol. The zero-order valence-electron chi connectivity index (χ0n) is 6.53. The molecule has 1 nitrogen and oxygen atoms in total. The average Bonchev–Trinajstić information content (AvgIpc) is 2.03. The second-order valence-corrected chi connectivity index (χ2v) is 3.86. The largest absolute Gasteiger partial charge is 0.325 e. The fraction of sp³-hybridized carbons (Fsp3) is 0.250. The first-order valence-electron chi connectivity index (χ1n) is 3.51. The maximum atomic E-state index is 13.1. The van der Waals surface area contributed by atoms with Gasteiger partial charge < -0.3 is 5.73 Å².